The summed E-state index contributed by atoms with van der Waals surface area (Å²) in [5.41, 5.74) is 0.960. The Morgan fingerprint density at radius 3 is 2.27 bits per heavy atom. The second-order valence-corrected chi connectivity index (χ2v) is 8.52. The Morgan fingerprint density at radius 1 is 0.962 bits per heavy atom. The Morgan fingerprint density at radius 2 is 1.62 bits per heavy atom. The predicted octanol–water partition coefficient (Wildman–Crippen LogP) is 3.80. The molecule has 1 saturated carbocycles. The molecule has 2 unspecified atom stereocenters. The number of hydrogen-bond donors (Lipinski definition) is 2. The first kappa shape index (κ1) is 18.5. The third-order valence-corrected chi connectivity index (χ3v) is 6.28. The summed E-state index contributed by atoms with van der Waals surface area (Å²) in [7, 11) is -3.63. The van der Waals surface area contributed by atoms with Gasteiger partial charge in [0, 0.05) is 17.3 Å². The number of benzene rings is 2. The molecule has 26 heavy (non-hydrogen) atoms. The molecular formula is C20H24N2O3S. The van der Waals surface area contributed by atoms with Gasteiger partial charge in [0.2, 0.25) is 0 Å². The summed E-state index contributed by atoms with van der Waals surface area (Å²) in [4.78, 5) is 12.6. The van der Waals surface area contributed by atoms with Gasteiger partial charge in [-0.3, -0.25) is 9.52 Å². The first-order valence-electron chi connectivity index (χ1n) is 8.94. The number of amides is 1. The lowest BCUT2D eigenvalue weighted by molar-refractivity contribution is 0.0910. The van der Waals surface area contributed by atoms with Crippen molar-refractivity contribution >= 4 is 21.6 Å². The molecule has 0 heterocycles. The summed E-state index contributed by atoms with van der Waals surface area (Å²) in [6.07, 6.45) is 4.53. The maximum Gasteiger partial charge on any atom is 0.261 e. The van der Waals surface area contributed by atoms with E-state index in [-0.39, 0.29) is 16.8 Å². The van der Waals surface area contributed by atoms with E-state index in [0.29, 0.717) is 17.2 Å². The molecule has 5 nitrogen and oxygen atoms in total. The van der Waals surface area contributed by atoms with Gasteiger partial charge in [0.1, 0.15) is 0 Å². The average molecular weight is 372 g/mol. The number of sulfonamides is 1. The van der Waals surface area contributed by atoms with Crippen LogP contribution in [0.25, 0.3) is 0 Å². The third kappa shape index (κ3) is 4.43. The molecule has 0 saturated heterocycles. The van der Waals surface area contributed by atoms with Gasteiger partial charge in [-0.25, -0.2) is 8.42 Å². The topological polar surface area (TPSA) is 75.3 Å². The molecule has 0 radical (unpaired) electrons. The van der Waals surface area contributed by atoms with Crippen molar-refractivity contribution in [2.75, 3.05) is 4.72 Å². The largest absolute Gasteiger partial charge is 0.349 e. The summed E-state index contributed by atoms with van der Waals surface area (Å²) >= 11 is 0. The van der Waals surface area contributed by atoms with E-state index in [1.807, 2.05) is 0 Å². The minimum atomic E-state index is -3.63. The van der Waals surface area contributed by atoms with Gasteiger partial charge in [-0.05, 0) is 55.2 Å². The lowest BCUT2D eigenvalue weighted by atomic mass is 9.86. The van der Waals surface area contributed by atoms with Crippen LogP contribution < -0.4 is 10.0 Å². The Kier molecular flexibility index (Phi) is 5.61. The minimum absolute atomic E-state index is 0.110. The zero-order valence-corrected chi connectivity index (χ0v) is 15.6. The van der Waals surface area contributed by atoms with Crippen molar-refractivity contribution in [1.82, 2.24) is 5.32 Å². The molecule has 6 heteroatoms. The Labute approximate surface area is 154 Å². The maximum atomic E-state index is 12.4. The molecule has 1 amide bonds. The predicted molar refractivity (Wildman–Crippen MR) is 103 cm³/mol. The quantitative estimate of drug-likeness (QED) is 0.838. The second-order valence-electron chi connectivity index (χ2n) is 6.84. The van der Waals surface area contributed by atoms with E-state index >= 15 is 0 Å². The average Bonchev–Trinajstić information content (AvgIpc) is 2.64. The van der Waals surface area contributed by atoms with Crippen LogP contribution in [-0.4, -0.2) is 20.4 Å². The first-order valence-corrected chi connectivity index (χ1v) is 10.4. The van der Waals surface area contributed by atoms with Crippen molar-refractivity contribution in [3.63, 3.8) is 0 Å². The van der Waals surface area contributed by atoms with Crippen LogP contribution >= 0.6 is 0 Å². The SMILES string of the molecule is CC1CCCCC1NC(=O)c1ccc(NS(=O)(=O)c2ccccc2)cc1. The first-order chi connectivity index (χ1) is 12.5. The molecule has 2 atom stereocenters. The highest BCUT2D eigenvalue weighted by Gasteiger charge is 2.23. The van der Waals surface area contributed by atoms with Gasteiger partial charge in [-0.1, -0.05) is 38.0 Å². The van der Waals surface area contributed by atoms with Gasteiger partial charge in [-0.15, -0.1) is 0 Å². The fraction of sp³-hybridized carbons (Fsp3) is 0.350. The van der Waals surface area contributed by atoms with Gasteiger partial charge >= 0.3 is 0 Å². The summed E-state index contributed by atoms with van der Waals surface area (Å²) in [6, 6.07) is 14.9. The molecular weight excluding hydrogens is 348 g/mol. The van der Waals surface area contributed by atoms with E-state index < -0.39 is 10.0 Å². The zero-order valence-electron chi connectivity index (χ0n) is 14.8. The molecule has 0 aliphatic heterocycles. The van der Waals surface area contributed by atoms with Crippen LogP contribution in [0.5, 0.6) is 0 Å². The van der Waals surface area contributed by atoms with Crippen molar-refractivity contribution in [2.45, 2.75) is 43.5 Å². The summed E-state index contributed by atoms with van der Waals surface area (Å²) in [6.45, 7) is 2.17. The Hall–Kier alpha value is -2.34. The van der Waals surface area contributed by atoms with E-state index in [1.165, 1.54) is 18.6 Å². The standard InChI is InChI=1S/C20H24N2O3S/c1-15-7-5-6-10-19(15)21-20(23)16-11-13-17(14-12-16)22-26(24,25)18-8-3-2-4-9-18/h2-4,8-9,11-15,19,22H,5-7,10H2,1H3,(H,21,23). The highest BCUT2D eigenvalue weighted by Crippen LogP contribution is 2.24. The van der Waals surface area contributed by atoms with Crippen LogP contribution in [-0.2, 0) is 10.0 Å². The van der Waals surface area contributed by atoms with E-state index in [9.17, 15) is 13.2 Å². The number of rotatable bonds is 5. The lowest BCUT2D eigenvalue weighted by Crippen LogP contribution is -2.41. The van der Waals surface area contributed by atoms with Crippen molar-refractivity contribution in [3.05, 3.63) is 60.2 Å². The molecule has 1 aliphatic carbocycles. The van der Waals surface area contributed by atoms with Gasteiger partial charge in [0.15, 0.2) is 0 Å². The molecule has 0 bridgehead atoms. The molecule has 2 aromatic rings. The molecule has 1 fully saturated rings. The van der Waals surface area contributed by atoms with Crippen molar-refractivity contribution < 1.29 is 13.2 Å². The highest BCUT2D eigenvalue weighted by molar-refractivity contribution is 7.92. The Bertz CT molecular complexity index is 848. The summed E-state index contributed by atoms with van der Waals surface area (Å²) in [5, 5.41) is 3.10. The van der Waals surface area contributed by atoms with Gasteiger partial charge in [0.25, 0.3) is 15.9 Å². The maximum absolute atomic E-state index is 12.4. The van der Waals surface area contributed by atoms with Crippen LogP contribution in [0.15, 0.2) is 59.5 Å². The Balaban J connectivity index is 1.65. The van der Waals surface area contributed by atoms with Gasteiger partial charge in [0.05, 0.1) is 4.90 Å². The van der Waals surface area contributed by atoms with Crippen LogP contribution in [0.3, 0.4) is 0 Å². The van der Waals surface area contributed by atoms with Crippen molar-refractivity contribution in [2.24, 2.45) is 5.92 Å². The molecule has 1 aliphatic rings. The molecule has 0 aromatic heterocycles. The summed E-state index contributed by atoms with van der Waals surface area (Å²) < 4.78 is 27.2. The molecule has 2 N–H and O–H groups in total. The van der Waals surface area contributed by atoms with E-state index in [2.05, 4.69) is 17.0 Å². The monoisotopic (exact) mass is 372 g/mol. The van der Waals surface area contributed by atoms with Crippen molar-refractivity contribution in [3.8, 4) is 0 Å². The van der Waals surface area contributed by atoms with Crippen LogP contribution in [0.4, 0.5) is 5.69 Å². The highest BCUT2D eigenvalue weighted by atomic mass is 32.2. The fourth-order valence-corrected chi connectivity index (χ4v) is 4.37. The third-order valence-electron chi connectivity index (χ3n) is 4.88. The smallest absolute Gasteiger partial charge is 0.261 e. The molecule has 2 aromatic carbocycles. The minimum Gasteiger partial charge on any atom is -0.349 e. The summed E-state index contributed by atoms with van der Waals surface area (Å²) in [5.74, 6) is 0.380. The number of nitrogens with one attached hydrogen (secondary N) is 2. The molecule has 138 valence electrons. The van der Waals surface area contributed by atoms with Crippen LogP contribution in [0, 0.1) is 5.92 Å². The fourth-order valence-electron chi connectivity index (χ4n) is 3.29. The van der Waals surface area contributed by atoms with E-state index in [4.69, 9.17) is 0 Å². The number of carbonyl (C=O) groups is 1. The number of anilines is 1. The van der Waals surface area contributed by atoms with Gasteiger partial charge in [-0.2, -0.15) is 0 Å². The van der Waals surface area contributed by atoms with Crippen LogP contribution in [0.2, 0.25) is 0 Å². The van der Waals surface area contributed by atoms with Crippen LogP contribution in [0.1, 0.15) is 43.0 Å². The van der Waals surface area contributed by atoms with E-state index in [1.54, 1.807) is 42.5 Å². The molecule has 0 spiro atoms. The second kappa shape index (κ2) is 7.91. The van der Waals surface area contributed by atoms with E-state index in [0.717, 1.165) is 19.3 Å². The normalized spacial score (nSPS) is 20.3. The van der Waals surface area contributed by atoms with Gasteiger partial charge < -0.3 is 5.32 Å². The lowest BCUT2D eigenvalue weighted by Gasteiger charge is -2.29. The zero-order chi connectivity index (χ0) is 18.6. The molecule has 3 rings (SSSR count). The number of carbonyl (C=O) groups excluding carboxylic acids is 1. The number of hydrogen-bond acceptors (Lipinski definition) is 3. The van der Waals surface area contributed by atoms with Crippen molar-refractivity contribution in [1.29, 1.82) is 0 Å².